The maximum atomic E-state index is 13.3. The quantitative estimate of drug-likeness (QED) is 0.686. The van der Waals surface area contributed by atoms with Crippen molar-refractivity contribution < 1.29 is 18.7 Å². The second-order valence-electron chi connectivity index (χ2n) is 9.60. The molecule has 0 bridgehead atoms. The topological polar surface area (TPSA) is 70.9 Å². The minimum Gasteiger partial charge on any atom is -0.372 e. The number of halogens is 1. The highest BCUT2D eigenvalue weighted by atomic mass is 19.1. The maximum absolute atomic E-state index is 13.3. The van der Waals surface area contributed by atoms with E-state index in [0.717, 1.165) is 36.2 Å². The molecule has 34 heavy (non-hydrogen) atoms. The van der Waals surface area contributed by atoms with Gasteiger partial charge in [-0.3, -0.25) is 14.3 Å². The molecule has 182 valence electrons. The van der Waals surface area contributed by atoms with Gasteiger partial charge in [-0.1, -0.05) is 0 Å². The average Bonchev–Trinajstić information content (AvgIpc) is 3.42. The van der Waals surface area contributed by atoms with Gasteiger partial charge in [0, 0.05) is 56.2 Å². The zero-order valence-electron chi connectivity index (χ0n) is 19.9. The van der Waals surface area contributed by atoms with Crippen LogP contribution in [0.25, 0.3) is 0 Å². The van der Waals surface area contributed by atoms with Crippen LogP contribution in [0.15, 0.2) is 24.3 Å². The van der Waals surface area contributed by atoms with E-state index >= 15 is 0 Å². The van der Waals surface area contributed by atoms with Crippen LogP contribution in [0.2, 0.25) is 0 Å². The van der Waals surface area contributed by atoms with Crippen LogP contribution in [-0.2, 0) is 28.9 Å². The number of aromatic nitrogens is 2. The summed E-state index contributed by atoms with van der Waals surface area (Å²) in [4.78, 5) is 32.3. The number of fused-ring (bicyclic) bond motifs is 1. The van der Waals surface area contributed by atoms with Gasteiger partial charge in [0.05, 0.1) is 12.2 Å². The van der Waals surface area contributed by atoms with Gasteiger partial charge in [0.1, 0.15) is 12.4 Å². The lowest BCUT2D eigenvalue weighted by molar-refractivity contribution is -0.132. The molecule has 2 aromatic rings. The summed E-state index contributed by atoms with van der Waals surface area (Å²) in [5.74, 6) is -0.289. The van der Waals surface area contributed by atoms with E-state index < -0.39 is 0 Å². The molecule has 0 unspecified atom stereocenters. The molecule has 1 aromatic heterocycles. The van der Waals surface area contributed by atoms with Gasteiger partial charge < -0.3 is 19.4 Å². The molecule has 2 amide bonds. The van der Waals surface area contributed by atoms with Crippen LogP contribution in [0.4, 0.5) is 10.1 Å². The van der Waals surface area contributed by atoms with Crippen molar-refractivity contribution in [3.8, 4) is 0 Å². The van der Waals surface area contributed by atoms with E-state index in [-0.39, 0.29) is 36.4 Å². The third kappa shape index (κ3) is 4.53. The molecule has 2 atom stereocenters. The van der Waals surface area contributed by atoms with E-state index in [2.05, 4.69) is 10.00 Å². The third-order valence-corrected chi connectivity index (χ3v) is 7.03. The highest BCUT2D eigenvalue weighted by Gasteiger charge is 2.33. The van der Waals surface area contributed by atoms with E-state index in [1.54, 1.807) is 16.8 Å². The minimum absolute atomic E-state index is 0.00186. The molecule has 0 saturated carbocycles. The molecule has 3 aliphatic rings. The number of carbonyl (C=O) groups is 2. The van der Waals surface area contributed by atoms with Crippen molar-refractivity contribution in [1.82, 2.24) is 19.6 Å². The van der Waals surface area contributed by atoms with Crippen molar-refractivity contribution >= 4 is 17.5 Å². The number of hydrogen-bond acceptors (Lipinski definition) is 5. The predicted molar refractivity (Wildman–Crippen MR) is 125 cm³/mol. The second kappa shape index (κ2) is 9.37. The number of benzene rings is 1. The maximum Gasteiger partial charge on any atom is 0.274 e. The largest absolute Gasteiger partial charge is 0.372 e. The Morgan fingerprint density at radius 3 is 2.35 bits per heavy atom. The van der Waals surface area contributed by atoms with Crippen LogP contribution in [0.1, 0.15) is 42.0 Å². The molecule has 1 aromatic carbocycles. The summed E-state index contributed by atoms with van der Waals surface area (Å²) in [5.41, 5.74) is 3.50. The van der Waals surface area contributed by atoms with Gasteiger partial charge in [-0.15, -0.1) is 0 Å². The van der Waals surface area contributed by atoms with Crippen molar-refractivity contribution in [2.75, 3.05) is 44.2 Å². The van der Waals surface area contributed by atoms with Crippen LogP contribution < -0.4 is 4.90 Å². The number of anilines is 1. The third-order valence-electron chi connectivity index (χ3n) is 7.03. The number of hydrogen-bond donors (Lipinski definition) is 0. The van der Waals surface area contributed by atoms with E-state index in [1.165, 1.54) is 12.1 Å². The average molecular weight is 470 g/mol. The van der Waals surface area contributed by atoms with Gasteiger partial charge in [-0.25, -0.2) is 4.39 Å². The Hall–Kier alpha value is -2.94. The molecular weight excluding hydrogens is 437 g/mol. The standard InChI is InChI=1S/C25H32FN5O3/c1-17-14-30(15-18(2)34-17)25(33)24-21-4-3-5-22(21)31(27-24)16-23(32)29-12-10-28(11-13-29)20-8-6-19(26)7-9-20/h6-9,17-18H,3-5,10-16H2,1-2H3/t17-,18+. The van der Waals surface area contributed by atoms with E-state index in [1.807, 2.05) is 23.6 Å². The first-order chi connectivity index (χ1) is 16.4. The first-order valence-electron chi connectivity index (χ1n) is 12.2. The summed E-state index contributed by atoms with van der Waals surface area (Å²) in [6.45, 7) is 7.84. The van der Waals surface area contributed by atoms with Gasteiger partial charge in [0.15, 0.2) is 5.69 Å². The van der Waals surface area contributed by atoms with Gasteiger partial charge in [-0.05, 0) is 57.4 Å². The Morgan fingerprint density at radius 2 is 1.68 bits per heavy atom. The Bertz CT molecular complexity index is 1050. The molecule has 1 aliphatic carbocycles. The van der Waals surface area contributed by atoms with Crippen LogP contribution >= 0.6 is 0 Å². The number of carbonyl (C=O) groups excluding carboxylic acids is 2. The molecule has 9 heteroatoms. The number of ether oxygens (including phenoxy) is 1. The molecule has 0 spiro atoms. The number of amides is 2. The van der Waals surface area contributed by atoms with Gasteiger partial charge >= 0.3 is 0 Å². The second-order valence-corrected chi connectivity index (χ2v) is 9.60. The van der Waals surface area contributed by atoms with Crippen LogP contribution in [-0.4, -0.2) is 82.9 Å². The molecule has 0 N–H and O–H groups in total. The molecule has 3 heterocycles. The van der Waals surface area contributed by atoms with Crippen LogP contribution in [0, 0.1) is 5.82 Å². The van der Waals surface area contributed by atoms with Crippen LogP contribution in [0.3, 0.4) is 0 Å². The smallest absolute Gasteiger partial charge is 0.274 e. The van der Waals surface area contributed by atoms with E-state index in [4.69, 9.17) is 4.74 Å². The lowest BCUT2D eigenvalue weighted by Gasteiger charge is -2.36. The molecule has 2 aliphatic heterocycles. The van der Waals surface area contributed by atoms with E-state index in [0.29, 0.717) is 45.0 Å². The predicted octanol–water partition coefficient (Wildman–Crippen LogP) is 2.11. The SMILES string of the molecule is C[C@@H]1CN(C(=O)c2nn(CC(=O)N3CCN(c4ccc(F)cc4)CC3)c3c2CCC3)C[C@H](C)O1. The van der Waals surface area contributed by atoms with Crippen molar-refractivity contribution in [2.24, 2.45) is 0 Å². The number of nitrogens with zero attached hydrogens (tertiary/aromatic N) is 5. The van der Waals surface area contributed by atoms with Crippen LogP contribution in [0.5, 0.6) is 0 Å². The summed E-state index contributed by atoms with van der Waals surface area (Å²) >= 11 is 0. The van der Waals surface area contributed by atoms with Crippen molar-refractivity contribution in [2.45, 2.75) is 51.9 Å². The van der Waals surface area contributed by atoms with E-state index in [9.17, 15) is 14.0 Å². The zero-order valence-corrected chi connectivity index (χ0v) is 19.9. The Balaban J connectivity index is 1.25. The number of rotatable bonds is 4. The lowest BCUT2D eigenvalue weighted by atomic mass is 10.1. The summed E-state index contributed by atoms with van der Waals surface area (Å²) in [6, 6.07) is 6.47. The Kier molecular flexibility index (Phi) is 6.29. The highest BCUT2D eigenvalue weighted by molar-refractivity contribution is 5.94. The lowest BCUT2D eigenvalue weighted by Crippen LogP contribution is -2.49. The highest BCUT2D eigenvalue weighted by Crippen LogP contribution is 2.27. The Labute approximate surface area is 199 Å². The molecule has 8 nitrogen and oxygen atoms in total. The zero-order chi connectivity index (χ0) is 23.8. The van der Waals surface area contributed by atoms with Gasteiger partial charge in [0.25, 0.3) is 5.91 Å². The summed E-state index contributed by atoms with van der Waals surface area (Å²) < 4.78 is 20.7. The first kappa shape index (κ1) is 22.8. The normalized spacial score (nSPS) is 22.7. The molecular formula is C25H32FN5O3. The summed E-state index contributed by atoms with van der Waals surface area (Å²) in [6.07, 6.45) is 2.65. The fourth-order valence-electron chi connectivity index (χ4n) is 5.40. The Morgan fingerprint density at radius 1 is 1.00 bits per heavy atom. The van der Waals surface area contributed by atoms with Crippen molar-refractivity contribution in [3.63, 3.8) is 0 Å². The molecule has 5 rings (SSSR count). The number of morpholine rings is 1. The van der Waals surface area contributed by atoms with Gasteiger partial charge in [0.2, 0.25) is 5.91 Å². The molecule has 0 radical (unpaired) electrons. The van der Waals surface area contributed by atoms with Crippen molar-refractivity contribution in [3.05, 3.63) is 47.0 Å². The number of piperazine rings is 1. The minimum atomic E-state index is -0.250. The first-order valence-corrected chi connectivity index (χ1v) is 12.2. The fourth-order valence-corrected chi connectivity index (χ4v) is 5.40. The van der Waals surface area contributed by atoms with Crippen molar-refractivity contribution in [1.29, 1.82) is 0 Å². The van der Waals surface area contributed by atoms with Gasteiger partial charge in [-0.2, -0.15) is 5.10 Å². The fraction of sp³-hybridized carbons (Fsp3) is 0.560. The molecule has 2 saturated heterocycles. The molecule has 2 fully saturated rings. The monoisotopic (exact) mass is 469 g/mol. The summed E-state index contributed by atoms with van der Waals surface area (Å²) in [5, 5.41) is 4.65. The summed E-state index contributed by atoms with van der Waals surface area (Å²) in [7, 11) is 0.